The van der Waals surface area contributed by atoms with E-state index in [9.17, 15) is 8.42 Å². The van der Waals surface area contributed by atoms with Crippen LogP contribution in [0.15, 0.2) is 33.6 Å². The van der Waals surface area contributed by atoms with E-state index in [0.717, 1.165) is 4.47 Å². The molecule has 1 unspecified atom stereocenters. The molecule has 0 aliphatic heterocycles. The first-order valence-electron chi connectivity index (χ1n) is 4.82. The SMILES string of the molecule is CC(CO)CNS(=O)(=O)c1ccc(Br)cc1. The van der Waals surface area contributed by atoms with E-state index in [0.29, 0.717) is 0 Å². The standard InChI is InChI=1S/C10H14BrNO3S/c1-8(7-13)6-12-16(14,15)10-4-2-9(11)3-5-10/h2-5,8,12-13H,6-7H2,1H3. The van der Waals surface area contributed by atoms with Gasteiger partial charge in [-0.05, 0) is 30.2 Å². The van der Waals surface area contributed by atoms with E-state index in [2.05, 4.69) is 20.7 Å². The summed E-state index contributed by atoms with van der Waals surface area (Å²) in [5.74, 6) is -0.0924. The first-order chi connectivity index (χ1) is 7.45. The molecule has 2 N–H and O–H groups in total. The second-order valence-electron chi connectivity index (χ2n) is 3.59. The van der Waals surface area contributed by atoms with Crippen molar-refractivity contribution in [1.29, 1.82) is 0 Å². The van der Waals surface area contributed by atoms with E-state index < -0.39 is 10.0 Å². The number of benzene rings is 1. The van der Waals surface area contributed by atoms with E-state index in [1.807, 2.05) is 0 Å². The van der Waals surface area contributed by atoms with Crippen molar-refractivity contribution in [3.63, 3.8) is 0 Å². The molecule has 0 aliphatic rings. The Balaban J connectivity index is 2.74. The Hall–Kier alpha value is -0.430. The van der Waals surface area contributed by atoms with Crippen LogP contribution in [0, 0.1) is 5.92 Å². The van der Waals surface area contributed by atoms with Crippen molar-refractivity contribution >= 4 is 26.0 Å². The molecule has 0 radical (unpaired) electrons. The molecule has 1 rings (SSSR count). The molecular formula is C10H14BrNO3S. The minimum absolute atomic E-state index is 0.0388. The summed E-state index contributed by atoms with van der Waals surface area (Å²) in [7, 11) is -3.46. The number of nitrogens with one attached hydrogen (secondary N) is 1. The summed E-state index contributed by atoms with van der Waals surface area (Å²) < 4.78 is 26.8. The summed E-state index contributed by atoms with van der Waals surface area (Å²) in [6, 6.07) is 6.39. The fourth-order valence-electron chi connectivity index (χ4n) is 1.01. The monoisotopic (exact) mass is 307 g/mol. The molecule has 16 heavy (non-hydrogen) atoms. The molecular weight excluding hydrogens is 294 g/mol. The van der Waals surface area contributed by atoms with Crippen LogP contribution in [0.25, 0.3) is 0 Å². The van der Waals surface area contributed by atoms with Crippen molar-refractivity contribution in [2.45, 2.75) is 11.8 Å². The fraction of sp³-hybridized carbons (Fsp3) is 0.400. The zero-order valence-corrected chi connectivity index (χ0v) is 11.3. The highest BCUT2D eigenvalue weighted by atomic mass is 79.9. The first kappa shape index (κ1) is 13.6. The lowest BCUT2D eigenvalue weighted by Crippen LogP contribution is -2.29. The van der Waals surface area contributed by atoms with Crippen LogP contribution < -0.4 is 4.72 Å². The summed E-state index contributed by atoms with van der Waals surface area (Å²) in [6.45, 7) is 1.96. The predicted molar refractivity (Wildman–Crippen MR) is 65.6 cm³/mol. The van der Waals surface area contributed by atoms with Gasteiger partial charge in [0.25, 0.3) is 0 Å². The summed E-state index contributed by atoms with van der Waals surface area (Å²) in [5, 5.41) is 8.80. The third-order valence-corrected chi connectivity index (χ3v) is 4.03. The first-order valence-corrected chi connectivity index (χ1v) is 7.09. The van der Waals surface area contributed by atoms with Crippen molar-refractivity contribution in [2.24, 2.45) is 5.92 Å². The van der Waals surface area contributed by atoms with Gasteiger partial charge in [0.1, 0.15) is 0 Å². The molecule has 6 heteroatoms. The number of aliphatic hydroxyl groups excluding tert-OH is 1. The maximum atomic E-state index is 11.8. The van der Waals surface area contributed by atoms with Gasteiger partial charge in [-0.2, -0.15) is 0 Å². The van der Waals surface area contributed by atoms with Gasteiger partial charge in [0, 0.05) is 17.6 Å². The highest BCUT2D eigenvalue weighted by Gasteiger charge is 2.14. The molecule has 1 aromatic carbocycles. The maximum absolute atomic E-state index is 11.8. The Kier molecular flexibility index (Phi) is 4.91. The van der Waals surface area contributed by atoms with Crippen molar-refractivity contribution in [3.8, 4) is 0 Å². The van der Waals surface area contributed by atoms with Crippen LogP contribution in [-0.2, 0) is 10.0 Å². The van der Waals surface area contributed by atoms with Crippen LogP contribution in [0.2, 0.25) is 0 Å². The van der Waals surface area contributed by atoms with Crippen LogP contribution in [0.1, 0.15) is 6.92 Å². The zero-order valence-electron chi connectivity index (χ0n) is 8.85. The molecule has 0 saturated heterocycles. The average molecular weight is 308 g/mol. The Morgan fingerprint density at radius 2 is 1.94 bits per heavy atom. The van der Waals surface area contributed by atoms with Crippen LogP contribution >= 0.6 is 15.9 Å². The summed E-state index contributed by atoms with van der Waals surface area (Å²) >= 11 is 3.24. The van der Waals surface area contributed by atoms with Gasteiger partial charge in [-0.15, -0.1) is 0 Å². The zero-order chi connectivity index (χ0) is 12.2. The van der Waals surface area contributed by atoms with Gasteiger partial charge >= 0.3 is 0 Å². The average Bonchev–Trinajstić information content (AvgIpc) is 2.26. The molecule has 1 atom stereocenters. The van der Waals surface area contributed by atoms with Crippen LogP contribution in [-0.4, -0.2) is 26.7 Å². The van der Waals surface area contributed by atoms with E-state index >= 15 is 0 Å². The van der Waals surface area contributed by atoms with Crippen molar-refractivity contribution in [1.82, 2.24) is 4.72 Å². The quantitative estimate of drug-likeness (QED) is 0.863. The van der Waals surface area contributed by atoms with E-state index in [1.165, 1.54) is 12.1 Å². The lowest BCUT2D eigenvalue weighted by atomic mass is 10.2. The van der Waals surface area contributed by atoms with Crippen LogP contribution in [0.3, 0.4) is 0 Å². The van der Waals surface area contributed by atoms with Crippen LogP contribution in [0.5, 0.6) is 0 Å². The summed E-state index contributed by atoms with van der Waals surface area (Å²) in [4.78, 5) is 0.223. The van der Waals surface area contributed by atoms with Gasteiger partial charge in [0.15, 0.2) is 0 Å². The largest absolute Gasteiger partial charge is 0.396 e. The molecule has 1 aromatic rings. The van der Waals surface area contributed by atoms with Gasteiger partial charge in [-0.3, -0.25) is 0 Å². The van der Waals surface area contributed by atoms with Crippen molar-refractivity contribution < 1.29 is 13.5 Å². The van der Waals surface area contributed by atoms with Gasteiger partial charge in [-0.1, -0.05) is 22.9 Å². The number of rotatable bonds is 5. The molecule has 0 heterocycles. The van der Waals surface area contributed by atoms with Crippen molar-refractivity contribution in [3.05, 3.63) is 28.7 Å². The second-order valence-corrected chi connectivity index (χ2v) is 6.28. The van der Waals surface area contributed by atoms with Gasteiger partial charge in [-0.25, -0.2) is 13.1 Å². The molecule has 0 amide bonds. The van der Waals surface area contributed by atoms with Gasteiger partial charge in [0.05, 0.1) is 4.90 Å². The third-order valence-electron chi connectivity index (χ3n) is 2.06. The molecule has 90 valence electrons. The molecule has 0 fully saturated rings. The normalized spacial score (nSPS) is 13.7. The number of aliphatic hydroxyl groups is 1. The Bertz CT molecular complexity index is 430. The molecule has 0 aliphatic carbocycles. The fourth-order valence-corrected chi connectivity index (χ4v) is 2.44. The van der Waals surface area contributed by atoms with Crippen LogP contribution in [0.4, 0.5) is 0 Å². The molecule has 4 nitrogen and oxygen atoms in total. The lowest BCUT2D eigenvalue weighted by molar-refractivity contribution is 0.238. The Labute approximate surface area is 104 Å². The second kappa shape index (κ2) is 5.77. The molecule has 0 aromatic heterocycles. The Morgan fingerprint density at radius 1 is 1.38 bits per heavy atom. The lowest BCUT2D eigenvalue weighted by Gasteiger charge is -2.10. The van der Waals surface area contributed by atoms with E-state index in [-0.39, 0.29) is 24.0 Å². The molecule has 0 bridgehead atoms. The predicted octanol–water partition coefficient (Wildman–Crippen LogP) is 1.36. The van der Waals surface area contributed by atoms with Crippen molar-refractivity contribution in [2.75, 3.05) is 13.2 Å². The highest BCUT2D eigenvalue weighted by Crippen LogP contribution is 2.14. The maximum Gasteiger partial charge on any atom is 0.240 e. The highest BCUT2D eigenvalue weighted by molar-refractivity contribution is 9.10. The number of hydrogen-bond donors (Lipinski definition) is 2. The van der Waals surface area contributed by atoms with Gasteiger partial charge in [0.2, 0.25) is 10.0 Å². The number of hydrogen-bond acceptors (Lipinski definition) is 3. The molecule has 0 saturated carbocycles. The summed E-state index contributed by atoms with van der Waals surface area (Å²) in [6.07, 6.45) is 0. The smallest absolute Gasteiger partial charge is 0.240 e. The Morgan fingerprint density at radius 3 is 2.44 bits per heavy atom. The van der Waals surface area contributed by atoms with E-state index in [1.54, 1.807) is 19.1 Å². The number of sulfonamides is 1. The minimum Gasteiger partial charge on any atom is -0.396 e. The summed E-state index contributed by atoms with van der Waals surface area (Å²) in [5.41, 5.74) is 0. The number of halogens is 1. The topological polar surface area (TPSA) is 66.4 Å². The van der Waals surface area contributed by atoms with E-state index in [4.69, 9.17) is 5.11 Å². The third kappa shape index (κ3) is 3.86. The molecule has 0 spiro atoms. The minimum atomic E-state index is -3.46. The van der Waals surface area contributed by atoms with Gasteiger partial charge < -0.3 is 5.11 Å².